The summed E-state index contributed by atoms with van der Waals surface area (Å²) in [5.41, 5.74) is 3.13. The number of rotatable bonds is 2. The Kier molecular flexibility index (Phi) is 5.60. The highest BCUT2D eigenvalue weighted by Crippen LogP contribution is 2.15. The topological polar surface area (TPSA) is 24.9 Å². The van der Waals surface area contributed by atoms with E-state index in [0.29, 0.717) is 0 Å². The highest BCUT2D eigenvalue weighted by atomic mass is 14.8. The highest BCUT2D eigenvalue weighted by Gasteiger charge is 1.96. The summed E-state index contributed by atoms with van der Waals surface area (Å²) in [7, 11) is 1.89. The van der Waals surface area contributed by atoms with Gasteiger partial charge in [0.05, 0.1) is 0 Å². The van der Waals surface area contributed by atoms with Crippen LogP contribution in [0.15, 0.2) is 18.8 Å². The van der Waals surface area contributed by atoms with Gasteiger partial charge in [0.2, 0.25) is 0 Å². The Morgan fingerprint density at radius 2 is 2.15 bits per heavy atom. The Morgan fingerprint density at radius 1 is 1.54 bits per heavy atom. The minimum Gasteiger partial charge on any atom is -0.388 e. The van der Waals surface area contributed by atoms with Crippen molar-refractivity contribution < 1.29 is 1.43 Å². The van der Waals surface area contributed by atoms with Crippen LogP contribution in [0, 0.1) is 6.92 Å². The molecule has 74 valence electrons. The lowest BCUT2D eigenvalue weighted by Crippen LogP contribution is -1.93. The van der Waals surface area contributed by atoms with Gasteiger partial charge in [-0.15, -0.1) is 0 Å². The molecule has 1 N–H and O–H groups in total. The predicted molar refractivity (Wildman–Crippen MR) is 62.1 cm³/mol. The van der Waals surface area contributed by atoms with E-state index in [1.54, 1.807) is 6.08 Å². The Balaban J connectivity index is 0. The summed E-state index contributed by atoms with van der Waals surface area (Å²) in [5, 5.41) is 3.08. The molecule has 0 aliphatic rings. The monoisotopic (exact) mass is 180 g/mol. The van der Waals surface area contributed by atoms with Gasteiger partial charge in [-0.05, 0) is 13.0 Å². The van der Waals surface area contributed by atoms with Crippen molar-refractivity contribution in [3.05, 3.63) is 30.1 Å². The SMILES string of the molecule is C=Cc1cnc(C)cc1NC.CC.[HH]. The van der Waals surface area contributed by atoms with Crippen LogP contribution in [-0.4, -0.2) is 12.0 Å². The van der Waals surface area contributed by atoms with Crippen molar-refractivity contribution in [1.82, 2.24) is 4.98 Å². The Hall–Kier alpha value is -1.31. The average Bonchev–Trinajstić information content (AvgIpc) is 2.20. The maximum atomic E-state index is 4.15. The van der Waals surface area contributed by atoms with Gasteiger partial charge in [0.1, 0.15) is 0 Å². The summed E-state index contributed by atoms with van der Waals surface area (Å²) >= 11 is 0. The molecule has 1 aromatic rings. The molecule has 1 aromatic heterocycles. The molecule has 1 rings (SSSR count). The van der Waals surface area contributed by atoms with Gasteiger partial charge in [-0.3, -0.25) is 4.98 Å². The van der Waals surface area contributed by atoms with Crippen LogP contribution >= 0.6 is 0 Å². The molecule has 0 aliphatic carbocycles. The lowest BCUT2D eigenvalue weighted by atomic mass is 10.2. The number of hydrogen-bond acceptors (Lipinski definition) is 2. The van der Waals surface area contributed by atoms with Crippen molar-refractivity contribution in [1.29, 1.82) is 0 Å². The van der Waals surface area contributed by atoms with Crippen LogP contribution < -0.4 is 5.32 Å². The fourth-order valence-electron chi connectivity index (χ4n) is 0.950. The molecule has 0 aromatic carbocycles. The highest BCUT2D eigenvalue weighted by molar-refractivity contribution is 5.64. The molecular formula is C11H20N2. The zero-order chi connectivity index (χ0) is 10.3. The molecular weight excluding hydrogens is 160 g/mol. The molecule has 13 heavy (non-hydrogen) atoms. The van der Waals surface area contributed by atoms with E-state index in [-0.39, 0.29) is 1.43 Å². The first-order valence-electron chi connectivity index (χ1n) is 4.54. The molecule has 0 aliphatic heterocycles. The normalized spacial score (nSPS) is 8.31. The largest absolute Gasteiger partial charge is 0.388 e. The van der Waals surface area contributed by atoms with Crippen LogP contribution in [0.3, 0.4) is 0 Å². The molecule has 0 radical (unpaired) electrons. The first-order valence-corrected chi connectivity index (χ1v) is 4.54. The molecule has 2 nitrogen and oxygen atoms in total. The fraction of sp³-hybridized carbons (Fsp3) is 0.364. The standard InChI is InChI=1S/C9H12N2.C2H6.H2/c1-4-8-6-11-7(2)5-9(8)10-3;1-2;/h4-6H,1H2,2-3H3,(H,10,11);1-2H3;1H. The minimum atomic E-state index is 0. The average molecular weight is 180 g/mol. The van der Waals surface area contributed by atoms with Crippen molar-refractivity contribution >= 4 is 11.8 Å². The molecule has 0 atom stereocenters. The van der Waals surface area contributed by atoms with Gasteiger partial charge in [0.15, 0.2) is 0 Å². The second kappa shape index (κ2) is 6.23. The Labute approximate surface area is 82.2 Å². The van der Waals surface area contributed by atoms with E-state index < -0.39 is 0 Å². The zero-order valence-electron chi connectivity index (χ0n) is 8.89. The van der Waals surface area contributed by atoms with Crippen molar-refractivity contribution in [2.45, 2.75) is 20.8 Å². The van der Waals surface area contributed by atoms with Gasteiger partial charge in [0.25, 0.3) is 0 Å². The summed E-state index contributed by atoms with van der Waals surface area (Å²) < 4.78 is 0. The van der Waals surface area contributed by atoms with E-state index in [1.807, 2.05) is 40.1 Å². The number of hydrogen-bond donors (Lipinski definition) is 1. The van der Waals surface area contributed by atoms with Gasteiger partial charge in [-0.2, -0.15) is 0 Å². The van der Waals surface area contributed by atoms with E-state index in [2.05, 4.69) is 16.9 Å². The fourth-order valence-corrected chi connectivity index (χ4v) is 0.950. The maximum Gasteiger partial charge on any atom is 0.0444 e. The van der Waals surface area contributed by atoms with Gasteiger partial charge in [-0.25, -0.2) is 0 Å². The first kappa shape index (κ1) is 11.7. The van der Waals surface area contributed by atoms with Crippen LogP contribution in [0.2, 0.25) is 0 Å². The van der Waals surface area contributed by atoms with Crippen molar-refractivity contribution in [3.8, 4) is 0 Å². The molecule has 0 spiro atoms. The van der Waals surface area contributed by atoms with Crippen LogP contribution in [0.1, 0.15) is 26.5 Å². The molecule has 0 unspecified atom stereocenters. The third-order valence-corrected chi connectivity index (χ3v) is 1.56. The lowest BCUT2D eigenvalue weighted by Gasteiger charge is -2.04. The number of aromatic nitrogens is 1. The van der Waals surface area contributed by atoms with Crippen LogP contribution in [0.5, 0.6) is 0 Å². The Bertz CT molecular complexity index is 272. The Morgan fingerprint density at radius 3 is 2.62 bits per heavy atom. The van der Waals surface area contributed by atoms with Crippen molar-refractivity contribution in [3.63, 3.8) is 0 Å². The molecule has 0 saturated carbocycles. The molecule has 0 amide bonds. The van der Waals surface area contributed by atoms with E-state index >= 15 is 0 Å². The number of aryl methyl sites for hydroxylation is 1. The number of pyridine rings is 1. The van der Waals surface area contributed by atoms with E-state index in [9.17, 15) is 0 Å². The summed E-state index contributed by atoms with van der Waals surface area (Å²) in [6, 6.07) is 2.00. The smallest absolute Gasteiger partial charge is 0.0444 e. The second-order valence-corrected chi connectivity index (χ2v) is 2.37. The predicted octanol–water partition coefficient (Wildman–Crippen LogP) is 3.35. The van der Waals surface area contributed by atoms with Crippen molar-refractivity contribution in [2.24, 2.45) is 0 Å². The third kappa shape index (κ3) is 3.28. The molecule has 1 heterocycles. The lowest BCUT2D eigenvalue weighted by molar-refractivity contribution is 1.19. The summed E-state index contributed by atoms with van der Waals surface area (Å²) in [5.74, 6) is 0. The van der Waals surface area contributed by atoms with Crippen LogP contribution in [-0.2, 0) is 0 Å². The number of nitrogens with zero attached hydrogens (tertiary/aromatic N) is 1. The van der Waals surface area contributed by atoms with E-state index in [1.165, 1.54) is 0 Å². The van der Waals surface area contributed by atoms with Gasteiger partial charge in [0, 0.05) is 31.6 Å². The van der Waals surface area contributed by atoms with E-state index in [4.69, 9.17) is 0 Å². The van der Waals surface area contributed by atoms with Crippen molar-refractivity contribution in [2.75, 3.05) is 12.4 Å². The molecule has 2 heteroatoms. The quantitative estimate of drug-likeness (QED) is 0.755. The minimum absolute atomic E-state index is 0. The van der Waals surface area contributed by atoms with Gasteiger partial charge >= 0.3 is 0 Å². The number of nitrogens with one attached hydrogen (secondary N) is 1. The first-order chi connectivity index (χ1) is 6.27. The molecule has 0 bridgehead atoms. The third-order valence-electron chi connectivity index (χ3n) is 1.56. The van der Waals surface area contributed by atoms with E-state index in [0.717, 1.165) is 16.9 Å². The summed E-state index contributed by atoms with van der Waals surface area (Å²) in [6.07, 6.45) is 3.60. The summed E-state index contributed by atoms with van der Waals surface area (Å²) in [4.78, 5) is 4.15. The van der Waals surface area contributed by atoms with Crippen LogP contribution in [0.25, 0.3) is 6.08 Å². The molecule has 0 saturated heterocycles. The second-order valence-electron chi connectivity index (χ2n) is 2.37. The van der Waals surface area contributed by atoms with Gasteiger partial charge < -0.3 is 5.32 Å². The number of anilines is 1. The maximum absolute atomic E-state index is 4.15. The zero-order valence-corrected chi connectivity index (χ0v) is 8.89. The van der Waals surface area contributed by atoms with Gasteiger partial charge in [-0.1, -0.05) is 26.5 Å². The summed E-state index contributed by atoms with van der Waals surface area (Å²) in [6.45, 7) is 9.66. The van der Waals surface area contributed by atoms with Crippen LogP contribution in [0.4, 0.5) is 5.69 Å². The molecule has 0 fully saturated rings.